The first-order valence-corrected chi connectivity index (χ1v) is 9.12. The molecule has 6 nitrogen and oxygen atoms in total. The van der Waals surface area contributed by atoms with Crippen LogP contribution in [0.3, 0.4) is 0 Å². The van der Waals surface area contributed by atoms with Gasteiger partial charge in [-0.2, -0.15) is 4.72 Å². The lowest BCUT2D eigenvalue weighted by atomic mass is 10.2. The number of hydrogen-bond donors (Lipinski definition) is 2. The number of carbonyl (C=O) groups is 1. The van der Waals surface area contributed by atoms with Gasteiger partial charge in [0.05, 0.1) is 28.8 Å². The zero-order chi connectivity index (χ0) is 19.5. The number of ether oxygens (including phenoxy) is 1. The number of halogens is 3. The highest BCUT2D eigenvalue weighted by molar-refractivity contribution is 7.89. The number of methoxy groups -OCH3 is 1. The molecule has 0 fully saturated rings. The number of amides is 1. The molecule has 10 heteroatoms. The second kappa shape index (κ2) is 7.98. The van der Waals surface area contributed by atoms with E-state index in [-0.39, 0.29) is 15.7 Å². The standard InChI is InChI=1S/C16H15ClF2N2O4S/c1-9(16(22)20-14-7-10(18)3-5-13(14)19)21-26(23,24)11-4-6-15(25-2)12(17)8-11/h3-9,21H,1-2H3,(H,20,22)/t9-/m1/s1. The van der Waals surface area contributed by atoms with E-state index in [1.54, 1.807) is 0 Å². The molecule has 2 N–H and O–H groups in total. The summed E-state index contributed by atoms with van der Waals surface area (Å²) in [4.78, 5) is 11.9. The average Bonchev–Trinajstić information content (AvgIpc) is 2.57. The van der Waals surface area contributed by atoms with Crippen LogP contribution in [0, 0.1) is 11.6 Å². The first-order chi connectivity index (χ1) is 12.1. The first kappa shape index (κ1) is 20.1. The Morgan fingerprint density at radius 2 is 1.88 bits per heavy atom. The predicted molar refractivity (Wildman–Crippen MR) is 92.8 cm³/mol. The van der Waals surface area contributed by atoms with Gasteiger partial charge >= 0.3 is 0 Å². The maximum Gasteiger partial charge on any atom is 0.242 e. The van der Waals surface area contributed by atoms with E-state index < -0.39 is 39.3 Å². The molecule has 0 aliphatic rings. The molecule has 2 aromatic rings. The van der Waals surface area contributed by atoms with Crippen LogP contribution in [0.2, 0.25) is 5.02 Å². The number of rotatable bonds is 6. The van der Waals surface area contributed by atoms with Crippen LogP contribution in [-0.4, -0.2) is 27.5 Å². The molecule has 0 saturated heterocycles. The summed E-state index contributed by atoms with van der Waals surface area (Å²) >= 11 is 5.90. The van der Waals surface area contributed by atoms with Crippen molar-refractivity contribution in [3.8, 4) is 5.75 Å². The summed E-state index contributed by atoms with van der Waals surface area (Å²) in [6.45, 7) is 1.26. The van der Waals surface area contributed by atoms with Crippen molar-refractivity contribution in [2.75, 3.05) is 12.4 Å². The van der Waals surface area contributed by atoms with E-state index in [2.05, 4.69) is 10.0 Å². The second-order valence-electron chi connectivity index (χ2n) is 5.25. The molecule has 0 aliphatic heterocycles. The van der Waals surface area contributed by atoms with Crippen LogP contribution in [0.5, 0.6) is 5.75 Å². The maximum atomic E-state index is 13.6. The Bertz CT molecular complexity index is 938. The van der Waals surface area contributed by atoms with E-state index in [4.69, 9.17) is 16.3 Å². The summed E-state index contributed by atoms with van der Waals surface area (Å²) in [6, 6.07) is 5.05. The predicted octanol–water partition coefficient (Wildman–Crippen LogP) is 2.93. The fourth-order valence-electron chi connectivity index (χ4n) is 2.00. The second-order valence-corrected chi connectivity index (χ2v) is 7.37. The fraction of sp³-hybridized carbons (Fsp3) is 0.188. The van der Waals surface area contributed by atoms with Crippen LogP contribution >= 0.6 is 11.6 Å². The number of carbonyl (C=O) groups excluding carboxylic acids is 1. The van der Waals surface area contributed by atoms with Crippen molar-refractivity contribution in [1.82, 2.24) is 4.72 Å². The largest absolute Gasteiger partial charge is 0.495 e. The van der Waals surface area contributed by atoms with Crippen molar-refractivity contribution < 1.29 is 26.7 Å². The summed E-state index contributed by atoms with van der Waals surface area (Å²) in [5, 5.41) is 2.21. The Kier molecular flexibility index (Phi) is 6.17. The molecule has 26 heavy (non-hydrogen) atoms. The van der Waals surface area contributed by atoms with Crippen LogP contribution in [0.25, 0.3) is 0 Å². The molecule has 2 aromatic carbocycles. The van der Waals surface area contributed by atoms with Gasteiger partial charge in [-0.05, 0) is 37.3 Å². The molecule has 0 unspecified atom stereocenters. The average molecular weight is 405 g/mol. The Balaban J connectivity index is 2.14. The normalized spacial score (nSPS) is 12.5. The minimum absolute atomic E-state index is 0.0781. The summed E-state index contributed by atoms with van der Waals surface area (Å²) < 4.78 is 58.5. The topological polar surface area (TPSA) is 84.5 Å². The van der Waals surface area contributed by atoms with Crippen LogP contribution in [0.4, 0.5) is 14.5 Å². The van der Waals surface area contributed by atoms with Gasteiger partial charge in [-0.3, -0.25) is 4.79 Å². The highest BCUT2D eigenvalue weighted by atomic mass is 35.5. The molecule has 0 spiro atoms. The van der Waals surface area contributed by atoms with E-state index in [9.17, 15) is 22.0 Å². The van der Waals surface area contributed by atoms with Crippen molar-refractivity contribution in [1.29, 1.82) is 0 Å². The Morgan fingerprint density at radius 1 is 1.19 bits per heavy atom. The number of benzene rings is 2. The molecule has 0 saturated carbocycles. The molecular formula is C16H15ClF2N2O4S. The van der Waals surface area contributed by atoms with Gasteiger partial charge in [0.15, 0.2) is 0 Å². The third-order valence-corrected chi connectivity index (χ3v) is 5.18. The third kappa shape index (κ3) is 4.69. The van der Waals surface area contributed by atoms with Crippen molar-refractivity contribution in [2.45, 2.75) is 17.9 Å². The van der Waals surface area contributed by atoms with Gasteiger partial charge in [0.2, 0.25) is 15.9 Å². The Morgan fingerprint density at radius 3 is 2.50 bits per heavy atom. The maximum absolute atomic E-state index is 13.6. The molecule has 0 heterocycles. The van der Waals surface area contributed by atoms with Crippen molar-refractivity contribution in [3.63, 3.8) is 0 Å². The van der Waals surface area contributed by atoms with Crippen LogP contribution in [-0.2, 0) is 14.8 Å². The number of anilines is 1. The highest BCUT2D eigenvalue weighted by Crippen LogP contribution is 2.27. The number of hydrogen-bond acceptors (Lipinski definition) is 4. The van der Waals surface area contributed by atoms with Crippen LogP contribution in [0.15, 0.2) is 41.3 Å². The molecule has 0 aromatic heterocycles. The summed E-state index contributed by atoms with van der Waals surface area (Å²) in [6.07, 6.45) is 0. The quantitative estimate of drug-likeness (QED) is 0.775. The fourth-order valence-corrected chi connectivity index (χ4v) is 3.55. The SMILES string of the molecule is COc1ccc(S(=O)(=O)N[C@H](C)C(=O)Nc2cc(F)ccc2F)cc1Cl. The van der Waals surface area contributed by atoms with Gasteiger partial charge in [0.25, 0.3) is 0 Å². The third-order valence-electron chi connectivity index (χ3n) is 3.35. The lowest BCUT2D eigenvalue weighted by Crippen LogP contribution is -2.41. The van der Waals surface area contributed by atoms with Crippen molar-refractivity contribution >= 4 is 33.2 Å². The molecular weight excluding hydrogens is 390 g/mol. The van der Waals surface area contributed by atoms with Gasteiger partial charge in [-0.25, -0.2) is 17.2 Å². The van der Waals surface area contributed by atoms with Gasteiger partial charge in [-0.1, -0.05) is 11.6 Å². The van der Waals surface area contributed by atoms with E-state index in [1.165, 1.54) is 32.2 Å². The van der Waals surface area contributed by atoms with Crippen molar-refractivity contribution in [2.24, 2.45) is 0 Å². The van der Waals surface area contributed by atoms with E-state index >= 15 is 0 Å². The zero-order valence-corrected chi connectivity index (χ0v) is 15.3. The Hall–Kier alpha value is -2.23. The van der Waals surface area contributed by atoms with Crippen molar-refractivity contribution in [3.05, 3.63) is 53.1 Å². The molecule has 2 rings (SSSR count). The smallest absolute Gasteiger partial charge is 0.242 e. The summed E-state index contributed by atoms with van der Waals surface area (Å²) in [5.74, 6) is -2.17. The Labute approximate surface area is 154 Å². The lowest BCUT2D eigenvalue weighted by molar-refractivity contribution is -0.117. The summed E-state index contributed by atoms with van der Waals surface area (Å²) in [7, 11) is -2.70. The minimum Gasteiger partial charge on any atom is -0.495 e. The van der Waals surface area contributed by atoms with Gasteiger partial charge in [0, 0.05) is 6.07 Å². The molecule has 1 amide bonds. The van der Waals surface area contributed by atoms with Gasteiger partial charge in [-0.15, -0.1) is 0 Å². The monoisotopic (exact) mass is 404 g/mol. The van der Waals surface area contributed by atoms with E-state index in [1.807, 2.05) is 0 Å². The first-order valence-electron chi connectivity index (χ1n) is 7.26. The molecule has 0 radical (unpaired) electrons. The molecule has 1 atom stereocenters. The van der Waals surface area contributed by atoms with E-state index in [0.29, 0.717) is 0 Å². The zero-order valence-electron chi connectivity index (χ0n) is 13.7. The van der Waals surface area contributed by atoms with Crippen LogP contribution < -0.4 is 14.8 Å². The molecule has 0 aliphatic carbocycles. The lowest BCUT2D eigenvalue weighted by Gasteiger charge is -2.15. The summed E-state index contributed by atoms with van der Waals surface area (Å²) in [5.41, 5.74) is -0.395. The number of nitrogens with one attached hydrogen (secondary N) is 2. The van der Waals surface area contributed by atoms with Crippen LogP contribution in [0.1, 0.15) is 6.92 Å². The van der Waals surface area contributed by atoms with E-state index in [0.717, 1.165) is 18.2 Å². The molecule has 0 bridgehead atoms. The van der Waals surface area contributed by atoms with Gasteiger partial charge < -0.3 is 10.1 Å². The highest BCUT2D eigenvalue weighted by Gasteiger charge is 2.23. The van der Waals surface area contributed by atoms with Gasteiger partial charge in [0.1, 0.15) is 17.4 Å². The minimum atomic E-state index is -4.08. The molecule has 140 valence electrons. The number of sulfonamides is 1.